The molecule has 1 saturated heterocycles. The number of nitrogens with one attached hydrogen (secondary N) is 2. The summed E-state index contributed by atoms with van der Waals surface area (Å²) >= 11 is 0. The van der Waals surface area contributed by atoms with Crippen LogP contribution in [0, 0.1) is 11.8 Å². The Balaban J connectivity index is 1.83. The van der Waals surface area contributed by atoms with Crippen LogP contribution in [0.4, 0.5) is 0 Å². The molecule has 1 amide bonds. The number of carbonyl (C=O) groups excluding carboxylic acids is 4. The van der Waals surface area contributed by atoms with Gasteiger partial charge in [0, 0.05) is 0 Å². The maximum absolute atomic E-state index is 12.8. The van der Waals surface area contributed by atoms with E-state index in [-0.39, 0.29) is 6.42 Å². The number of carbonyl (C=O) groups is 4. The third kappa shape index (κ3) is 5.41. The molecule has 0 saturated carbocycles. The van der Waals surface area contributed by atoms with Crippen molar-refractivity contribution in [1.82, 2.24) is 15.3 Å². The van der Waals surface area contributed by atoms with Crippen LogP contribution in [0.1, 0.15) is 44.6 Å². The minimum atomic E-state index is -1.40. The van der Waals surface area contributed by atoms with Gasteiger partial charge >= 0.3 is 17.9 Å². The fourth-order valence-electron chi connectivity index (χ4n) is 3.49. The largest absolute Gasteiger partial charge is 0.463 e. The monoisotopic (exact) mass is 473 g/mol. The molecular formula is C23H27N3O8. The number of H-pyrrole nitrogens is 1. The number of nitrogens with zero attached hydrogens (tertiary/aromatic N) is 1. The molecule has 0 unspecified atom stereocenters. The molecule has 34 heavy (non-hydrogen) atoms. The Morgan fingerprint density at radius 3 is 2.59 bits per heavy atom. The van der Waals surface area contributed by atoms with Crippen molar-refractivity contribution >= 4 is 34.8 Å². The summed E-state index contributed by atoms with van der Waals surface area (Å²) in [7, 11) is 0. The number of rotatable bonds is 5. The van der Waals surface area contributed by atoms with Crippen molar-refractivity contribution < 1.29 is 33.4 Å². The van der Waals surface area contributed by atoms with Gasteiger partial charge in [-0.3, -0.25) is 19.2 Å². The molecule has 11 nitrogen and oxygen atoms in total. The summed E-state index contributed by atoms with van der Waals surface area (Å²) in [6, 6.07) is 5.25. The molecule has 182 valence electrons. The van der Waals surface area contributed by atoms with Crippen LogP contribution in [0.2, 0.25) is 0 Å². The fourth-order valence-corrected chi connectivity index (χ4v) is 3.49. The summed E-state index contributed by atoms with van der Waals surface area (Å²) in [6.45, 7) is 5.96. The quantitative estimate of drug-likeness (QED) is 0.480. The van der Waals surface area contributed by atoms with E-state index >= 15 is 0 Å². The van der Waals surface area contributed by atoms with Crippen molar-refractivity contribution in [3.05, 3.63) is 40.3 Å². The molecule has 1 aliphatic heterocycles. The molecule has 1 fully saturated rings. The molecule has 2 heterocycles. The van der Waals surface area contributed by atoms with Crippen molar-refractivity contribution in [2.75, 3.05) is 6.61 Å². The maximum Gasteiger partial charge on any atom is 0.332 e. The van der Waals surface area contributed by atoms with Crippen LogP contribution in [0.5, 0.6) is 0 Å². The average molecular weight is 473 g/mol. The van der Waals surface area contributed by atoms with Gasteiger partial charge in [-0.2, -0.15) is 0 Å². The van der Waals surface area contributed by atoms with Gasteiger partial charge in [-0.15, -0.1) is 0 Å². The van der Waals surface area contributed by atoms with E-state index in [4.69, 9.17) is 14.2 Å². The van der Waals surface area contributed by atoms with E-state index in [1.54, 1.807) is 45.0 Å². The Morgan fingerprint density at radius 1 is 1.21 bits per heavy atom. The van der Waals surface area contributed by atoms with Crippen molar-refractivity contribution in [2.24, 2.45) is 11.8 Å². The van der Waals surface area contributed by atoms with Gasteiger partial charge in [0.05, 0.1) is 22.9 Å². The summed E-state index contributed by atoms with van der Waals surface area (Å²) in [4.78, 5) is 69.4. The van der Waals surface area contributed by atoms with Crippen molar-refractivity contribution in [3.63, 3.8) is 0 Å². The van der Waals surface area contributed by atoms with E-state index in [9.17, 15) is 24.0 Å². The Bertz CT molecular complexity index is 1160. The number of ether oxygens (including phenoxy) is 3. The third-order valence-corrected chi connectivity index (χ3v) is 5.42. The van der Waals surface area contributed by atoms with Gasteiger partial charge < -0.3 is 24.5 Å². The third-order valence-electron chi connectivity index (χ3n) is 5.42. The van der Waals surface area contributed by atoms with Crippen LogP contribution in [0.25, 0.3) is 11.0 Å². The first kappa shape index (κ1) is 24.9. The van der Waals surface area contributed by atoms with E-state index in [1.807, 2.05) is 0 Å². The first-order valence-electron chi connectivity index (χ1n) is 11.0. The molecule has 1 aliphatic rings. The molecule has 11 heteroatoms. The van der Waals surface area contributed by atoms with E-state index in [1.165, 1.54) is 6.92 Å². The van der Waals surface area contributed by atoms with Crippen molar-refractivity contribution in [1.29, 1.82) is 0 Å². The highest BCUT2D eigenvalue weighted by atomic mass is 16.6. The molecule has 1 aromatic heterocycles. The minimum Gasteiger partial charge on any atom is -0.463 e. The van der Waals surface area contributed by atoms with Gasteiger partial charge in [-0.05, 0) is 25.5 Å². The lowest BCUT2D eigenvalue weighted by molar-refractivity contribution is -0.176. The SMILES string of the molecule is CC[C@H]1C(=O)OC[C@H](NC(=O)c2nc3ccccc3[nH]c2=O)C(=O)O[C@@H](C)[C@@H]1OC(=O)C(C)C. The van der Waals surface area contributed by atoms with Crippen LogP contribution in [0.3, 0.4) is 0 Å². The first-order valence-corrected chi connectivity index (χ1v) is 11.0. The predicted molar refractivity (Wildman–Crippen MR) is 119 cm³/mol. The number of benzene rings is 1. The van der Waals surface area contributed by atoms with Crippen molar-refractivity contribution in [2.45, 2.75) is 52.4 Å². The number of esters is 3. The van der Waals surface area contributed by atoms with Gasteiger partial charge in [-0.25, -0.2) is 9.78 Å². The number of cyclic esters (lactones) is 2. The number of aromatic amines is 1. The number of amides is 1. The van der Waals surface area contributed by atoms with Gasteiger partial charge in [0.15, 0.2) is 17.8 Å². The lowest BCUT2D eigenvalue weighted by Gasteiger charge is -2.29. The number of para-hydroxylation sites is 2. The van der Waals surface area contributed by atoms with Crippen LogP contribution in [0.15, 0.2) is 29.1 Å². The summed E-state index contributed by atoms with van der Waals surface area (Å²) in [5.74, 6) is -4.42. The topological polar surface area (TPSA) is 154 Å². The van der Waals surface area contributed by atoms with E-state index in [0.717, 1.165) is 0 Å². The zero-order valence-electron chi connectivity index (χ0n) is 19.3. The molecule has 0 radical (unpaired) electrons. The fraction of sp³-hybridized carbons (Fsp3) is 0.478. The molecule has 1 aromatic carbocycles. The van der Waals surface area contributed by atoms with E-state index < -0.39 is 71.8 Å². The van der Waals surface area contributed by atoms with Crippen LogP contribution in [-0.2, 0) is 28.6 Å². The Hall–Kier alpha value is -3.76. The predicted octanol–water partition coefficient (Wildman–Crippen LogP) is 1.10. The second-order valence-electron chi connectivity index (χ2n) is 8.30. The van der Waals surface area contributed by atoms with Gasteiger partial charge in [0.25, 0.3) is 11.5 Å². The number of hydrogen-bond donors (Lipinski definition) is 2. The molecule has 4 atom stereocenters. The zero-order chi connectivity index (χ0) is 25.0. The van der Waals surface area contributed by atoms with E-state index in [0.29, 0.717) is 11.0 Å². The van der Waals surface area contributed by atoms with Gasteiger partial charge in [-0.1, -0.05) is 32.9 Å². The first-order chi connectivity index (χ1) is 16.1. The van der Waals surface area contributed by atoms with Crippen LogP contribution < -0.4 is 10.9 Å². The van der Waals surface area contributed by atoms with Crippen LogP contribution >= 0.6 is 0 Å². The molecule has 3 rings (SSSR count). The summed E-state index contributed by atoms with van der Waals surface area (Å²) in [6.07, 6.45) is -1.78. The van der Waals surface area contributed by atoms with Gasteiger partial charge in [0.2, 0.25) is 0 Å². The Kier molecular flexibility index (Phi) is 7.64. The average Bonchev–Trinajstić information content (AvgIpc) is 2.83. The Labute approximate surface area is 195 Å². The van der Waals surface area contributed by atoms with Gasteiger partial charge in [0.1, 0.15) is 12.7 Å². The minimum absolute atomic E-state index is 0.268. The van der Waals surface area contributed by atoms with E-state index in [2.05, 4.69) is 15.3 Å². The highest BCUT2D eigenvalue weighted by Gasteiger charge is 2.41. The maximum atomic E-state index is 12.8. The highest BCUT2D eigenvalue weighted by molar-refractivity contribution is 5.96. The summed E-state index contributed by atoms with van der Waals surface area (Å²) in [5.41, 5.74) is -0.378. The molecule has 0 aliphatic carbocycles. The molecule has 2 N–H and O–H groups in total. The standard InChI is InChI=1S/C23H27N3O8/c1-5-13-18(34-21(29)11(2)3)12(4)33-23(31)16(10-32-22(13)30)26-20(28)17-19(27)25-15-9-7-6-8-14(15)24-17/h6-9,11-13,16,18H,5,10H2,1-4H3,(H,25,27)(H,26,28)/t12-,13+,16-,18-/m0/s1. The lowest BCUT2D eigenvalue weighted by atomic mass is 9.95. The highest BCUT2D eigenvalue weighted by Crippen LogP contribution is 2.23. The summed E-state index contributed by atoms with van der Waals surface area (Å²) < 4.78 is 16.1. The molecule has 2 aromatic rings. The molecule has 0 bridgehead atoms. The molecule has 0 spiro atoms. The zero-order valence-corrected chi connectivity index (χ0v) is 19.3. The number of fused-ring (bicyclic) bond motifs is 1. The number of hydrogen-bond acceptors (Lipinski definition) is 9. The Morgan fingerprint density at radius 2 is 1.91 bits per heavy atom. The molecular weight excluding hydrogens is 446 g/mol. The van der Waals surface area contributed by atoms with Crippen LogP contribution in [-0.4, -0.2) is 58.6 Å². The normalized spacial score (nSPS) is 23.3. The summed E-state index contributed by atoms with van der Waals surface area (Å²) in [5, 5.41) is 2.35. The second kappa shape index (κ2) is 10.4. The lowest BCUT2D eigenvalue weighted by Crippen LogP contribution is -2.47. The van der Waals surface area contributed by atoms with Crippen molar-refractivity contribution in [3.8, 4) is 0 Å². The second-order valence-corrected chi connectivity index (χ2v) is 8.30. The smallest absolute Gasteiger partial charge is 0.332 e. The number of aromatic nitrogens is 2.